The normalized spacial score (nSPS) is 10.2. The second-order valence-electron chi connectivity index (χ2n) is 4.92. The molecule has 6 heteroatoms. The van der Waals surface area contributed by atoms with Gasteiger partial charge in [0.2, 0.25) is 5.88 Å². The van der Waals surface area contributed by atoms with E-state index in [4.69, 9.17) is 27.9 Å². The smallest absolute Gasteiger partial charge is 0.232 e. The fourth-order valence-corrected chi connectivity index (χ4v) is 2.87. The van der Waals surface area contributed by atoms with Crippen LogP contribution in [-0.2, 0) is 0 Å². The number of pyridine rings is 2. The summed E-state index contributed by atoms with van der Waals surface area (Å²) in [5.74, 6) is 0.236. The van der Waals surface area contributed by atoms with Gasteiger partial charge in [-0.2, -0.15) is 5.26 Å². The summed E-state index contributed by atoms with van der Waals surface area (Å²) in [6, 6.07) is 12.8. The molecule has 0 aliphatic heterocycles. The van der Waals surface area contributed by atoms with E-state index in [1.807, 2.05) is 12.1 Å². The summed E-state index contributed by atoms with van der Waals surface area (Å²) in [5, 5.41) is 10.5. The molecule has 118 valence electrons. The quantitative estimate of drug-likeness (QED) is 0.663. The molecule has 0 aliphatic carbocycles. The number of aromatic nitrogens is 2. The summed E-state index contributed by atoms with van der Waals surface area (Å²) in [5.41, 5.74) is 3.08. The number of halogens is 2. The first-order chi connectivity index (χ1) is 11.6. The third kappa shape index (κ3) is 3.05. The van der Waals surface area contributed by atoms with Gasteiger partial charge in [0.1, 0.15) is 11.6 Å². The molecule has 3 aromatic rings. The van der Waals surface area contributed by atoms with Crippen LogP contribution < -0.4 is 4.74 Å². The Morgan fingerprint density at radius 3 is 2.58 bits per heavy atom. The highest BCUT2D eigenvalue weighted by molar-refractivity contribution is 6.36. The van der Waals surface area contributed by atoms with Crippen LogP contribution in [0.5, 0.6) is 5.88 Å². The number of methoxy groups -OCH3 is 1. The van der Waals surface area contributed by atoms with Gasteiger partial charge in [-0.25, -0.2) is 4.98 Å². The zero-order valence-corrected chi connectivity index (χ0v) is 14.1. The molecule has 0 fully saturated rings. The molecule has 2 aromatic heterocycles. The first-order valence-electron chi connectivity index (χ1n) is 6.99. The van der Waals surface area contributed by atoms with E-state index in [1.165, 1.54) is 7.11 Å². The number of rotatable bonds is 3. The van der Waals surface area contributed by atoms with Crippen LogP contribution in [0, 0.1) is 11.3 Å². The average Bonchev–Trinajstić information content (AvgIpc) is 2.61. The Hall–Kier alpha value is -2.61. The molecule has 1 aromatic carbocycles. The van der Waals surface area contributed by atoms with Crippen molar-refractivity contribution in [3.8, 4) is 34.3 Å². The van der Waals surface area contributed by atoms with E-state index in [9.17, 15) is 5.26 Å². The Morgan fingerprint density at radius 1 is 1.12 bits per heavy atom. The maximum Gasteiger partial charge on any atom is 0.232 e. The second kappa shape index (κ2) is 6.88. The summed E-state index contributed by atoms with van der Waals surface area (Å²) in [6.07, 6.45) is 3.38. The topological polar surface area (TPSA) is 58.8 Å². The van der Waals surface area contributed by atoms with Crippen molar-refractivity contribution in [2.45, 2.75) is 0 Å². The van der Waals surface area contributed by atoms with Gasteiger partial charge < -0.3 is 4.74 Å². The average molecular weight is 356 g/mol. The van der Waals surface area contributed by atoms with Crippen LogP contribution in [0.3, 0.4) is 0 Å². The monoisotopic (exact) mass is 355 g/mol. The van der Waals surface area contributed by atoms with Gasteiger partial charge in [0.25, 0.3) is 0 Å². The van der Waals surface area contributed by atoms with E-state index in [1.54, 1.807) is 36.7 Å². The zero-order chi connectivity index (χ0) is 17.1. The molecule has 0 unspecified atom stereocenters. The Labute approximate surface area is 149 Å². The molecule has 0 atom stereocenters. The molecule has 0 radical (unpaired) electrons. The molecule has 0 aliphatic rings. The molecule has 0 bridgehead atoms. The Kier molecular flexibility index (Phi) is 4.66. The third-order valence-corrected chi connectivity index (χ3v) is 4.02. The van der Waals surface area contributed by atoms with Crippen LogP contribution in [0.2, 0.25) is 10.0 Å². The van der Waals surface area contributed by atoms with Crippen molar-refractivity contribution in [2.24, 2.45) is 0 Å². The molecule has 0 amide bonds. The summed E-state index contributed by atoms with van der Waals surface area (Å²) >= 11 is 12.3. The fourth-order valence-electron chi connectivity index (χ4n) is 2.36. The van der Waals surface area contributed by atoms with Gasteiger partial charge in [-0.15, -0.1) is 0 Å². The van der Waals surface area contributed by atoms with E-state index >= 15 is 0 Å². The number of ether oxygens (including phenoxy) is 1. The van der Waals surface area contributed by atoms with E-state index in [0.29, 0.717) is 32.4 Å². The highest BCUT2D eigenvalue weighted by Gasteiger charge is 2.17. The SMILES string of the molecule is COc1nc(-c2cccnc2)cc(-c2ccc(Cl)cc2Cl)c1C#N. The Bertz CT molecular complexity index is 937. The number of nitrogens with zero attached hydrogens (tertiary/aromatic N) is 3. The van der Waals surface area contributed by atoms with Crippen LogP contribution in [0.25, 0.3) is 22.4 Å². The standard InChI is InChI=1S/C18H11Cl2N3O/c1-24-18-15(9-21)14(13-5-4-12(19)7-16(13)20)8-17(23-18)11-3-2-6-22-10-11/h2-8,10H,1H3. The molecule has 0 N–H and O–H groups in total. The first-order valence-corrected chi connectivity index (χ1v) is 7.74. The number of hydrogen-bond donors (Lipinski definition) is 0. The Morgan fingerprint density at radius 2 is 1.96 bits per heavy atom. The van der Waals surface area contributed by atoms with E-state index in [2.05, 4.69) is 16.0 Å². The molecular formula is C18H11Cl2N3O. The van der Waals surface area contributed by atoms with Crippen molar-refractivity contribution in [1.29, 1.82) is 5.26 Å². The van der Waals surface area contributed by atoms with Crippen molar-refractivity contribution >= 4 is 23.2 Å². The largest absolute Gasteiger partial charge is 0.480 e. The van der Waals surface area contributed by atoms with Crippen molar-refractivity contribution in [2.75, 3.05) is 7.11 Å². The van der Waals surface area contributed by atoms with Crippen LogP contribution in [-0.4, -0.2) is 17.1 Å². The highest BCUT2D eigenvalue weighted by Crippen LogP contribution is 2.37. The molecule has 0 spiro atoms. The maximum absolute atomic E-state index is 9.55. The van der Waals surface area contributed by atoms with Gasteiger partial charge >= 0.3 is 0 Å². The minimum absolute atomic E-state index is 0.236. The molecule has 24 heavy (non-hydrogen) atoms. The number of benzene rings is 1. The van der Waals surface area contributed by atoms with Gasteiger partial charge in [-0.05, 0) is 30.3 Å². The summed E-state index contributed by atoms with van der Waals surface area (Å²) in [4.78, 5) is 8.51. The minimum atomic E-state index is 0.236. The van der Waals surface area contributed by atoms with Gasteiger partial charge in [-0.3, -0.25) is 4.98 Å². The lowest BCUT2D eigenvalue weighted by Gasteiger charge is -2.12. The van der Waals surface area contributed by atoms with Gasteiger partial charge in [0, 0.05) is 39.1 Å². The van der Waals surface area contributed by atoms with Crippen LogP contribution >= 0.6 is 23.2 Å². The van der Waals surface area contributed by atoms with Gasteiger partial charge in [-0.1, -0.05) is 29.3 Å². The van der Waals surface area contributed by atoms with Gasteiger partial charge in [0.15, 0.2) is 0 Å². The van der Waals surface area contributed by atoms with Crippen molar-refractivity contribution in [3.63, 3.8) is 0 Å². The van der Waals surface area contributed by atoms with Crippen molar-refractivity contribution in [3.05, 3.63) is 64.4 Å². The molecule has 0 saturated carbocycles. The summed E-state index contributed by atoms with van der Waals surface area (Å²) < 4.78 is 5.30. The first kappa shape index (κ1) is 16.3. The minimum Gasteiger partial charge on any atom is -0.480 e. The summed E-state index contributed by atoms with van der Waals surface area (Å²) in [7, 11) is 1.48. The summed E-state index contributed by atoms with van der Waals surface area (Å²) in [6.45, 7) is 0. The molecule has 2 heterocycles. The van der Waals surface area contributed by atoms with Crippen molar-refractivity contribution < 1.29 is 4.74 Å². The zero-order valence-electron chi connectivity index (χ0n) is 12.6. The molecular weight excluding hydrogens is 345 g/mol. The van der Waals surface area contributed by atoms with Crippen LogP contribution in [0.15, 0.2) is 48.8 Å². The van der Waals surface area contributed by atoms with Gasteiger partial charge in [0.05, 0.1) is 12.8 Å². The maximum atomic E-state index is 9.55. The molecule has 3 rings (SSSR count). The number of nitriles is 1. The van der Waals surface area contributed by atoms with Crippen LogP contribution in [0.4, 0.5) is 0 Å². The van der Waals surface area contributed by atoms with E-state index in [0.717, 1.165) is 5.56 Å². The lowest BCUT2D eigenvalue weighted by molar-refractivity contribution is 0.397. The van der Waals surface area contributed by atoms with Crippen LogP contribution in [0.1, 0.15) is 5.56 Å². The lowest BCUT2D eigenvalue weighted by atomic mass is 9.99. The fraction of sp³-hybridized carbons (Fsp3) is 0.0556. The lowest BCUT2D eigenvalue weighted by Crippen LogP contribution is -1.98. The molecule has 4 nitrogen and oxygen atoms in total. The number of hydrogen-bond acceptors (Lipinski definition) is 4. The molecule has 0 saturated heterocycles. The van der Waals surface area contributed by atoms with E-state index < -0.39 is 0 Å². The van der Waals surface area contributed by atoms with E-state index in [-0.39, 0.29) is 5.88 Å². The predicted molar refractivity (Wildman–Crippen MR) is 94.2 cm³/mol. The highest BCUT2D eigenvalue weighted by atomic mass is 35.5. The third-order valence-electron chi connectivity index (χ3n) is 3.47. The Balaban J connectivity index is 2.29. The predicted octanol–water partition coefficient (Wildman–Crippen LogP) is 5.00. The second-order valence-corrected chi connectivity index (χ2v) is 5.76. The van der Waals surface area contributed by atoms with Crippen molar-refractivity contribution in [1.82, 2.24) is 9.97 Å².